The van der Waals surface area contributed by atoms with Gasteiger partial charge in [0.1, 0.15) is 0 Å². The van der Waals surface area contributed by atoms with Gasteiger partial charge in [0.2, 0.25) is 17.7 Å². The van der Waals surface area contributed by atoms with Gasteiger partial charge in [0, 0.05) is 16.2 Å². The van der Waals surface area contributed by atoms with Crippen molar-refractivity contribution in [2.75, 3.05) is 20.0 Å². The van der Waals surface area contributed by atoms with E-state index >= 15 is 0 Å². The fourth-order valence-corrected chi connectivity index (χ4v) is 9.62. The van der Waals surface area contributed by atoms with Crippen LogP contribution in [0.3, 0.4) is 0 Å². The van der Waals surface area contributed by atoms with Gasteiger partial charge < -0.3 is 14.7 Å². The second kappa shape index (κ2) is 6.97. The Bertz CT molecular complexity index is 755. The lowest BCUT2D eigenvalue weighted by atomic mass is 9.81. The lowest BCUT2D eigenvalue weighted by Gasteiger charge is -2.48. The van der Waals surface area contributed by atoms with Crippen LogP contribution in [0.5, 0.6) is 0 Å². The number of rotatable bonds is 3. The molecule has 1 heterocycles. The van der Waals surface area contributed by atoms with Crippen molar-refractivity contribution in [3.8, 4) is 0 Å². The summed E-state index contributed by atoms with van der Waals surface area (Å²) in [7, 11) is 0. The highest BCUT2D eigenvalue weighted by Gasteiger charge is 2.57. The van der Waals surface area contributed by atoms with Gasteiger partial charge in [-0.1, -0.05) is 0 Å². The van der Waals surface area contributed by atoms with Crippen molar-refractivity contribution in [3.05, 3.63) is 0 Å². The lowest BCUT2D eigenvalue weighted by molar-refractivity contribution is -0.171. The Labute approximate surface area is 197 Å². The van der Waals surface area contributed by atoms with Crippen molar-refractivity contribution in [2.45, 2.75) is 96.3 Å². The van der Waals surface area contributed by atoms with Crippen LogP contribution in [0.25, 0.3) is 0 Å². The number of hydrogen-bond donors (Lipinski definition) is 0. The maximum Gasteiger partial charge on any atom is 0.231 e. The molecule has 1 saturated heterocycles. The molecular formula is C27H39N3O3. The quantitative estimate of drug-likeness (QED) is 0.646. The highest BCUT2D eigenvalue weighted by Crippen LogP contribution is 2.58. The van der Waals surface area contributed by atoms with E-state index in [-0.39, 0.29) is 34.0 Å². The van der Waals surface area contributed by atoms with Crippen molar-refractivity contribution in [3.63, 3.8) is 0 Å². The third-order valence-corrected chi connectivity index (χ3v) is 11.5. The minimum absolute atomic E-state index is 0.222. The Morgan fingerprint density at radius 1 is 0.455 bits per heavy atom. The van der Waals surface area contributed by atoms with E-state index in [0.717, 1.165) is 57.8 Å². The molecule has 7 aliphatic rings. The molecule has 0 aromatic carbocycles. The molecule has 6 aliphatic carbocycles. The molecule has 6 heteroatoms. The Morgan fingerprint density at radius 2 is 0.697 bits per heavy atom. The summed E-state index contributed by atoms with van der Waals surface area (Å²) in [6.07, 6.45) is 16.0. The number of fused-ring (bicyclic) bond motifs is 6. The number of nitrogens with zero attached hydrogens (tertiary/aromatic N) is 3. The van der Waals surface area contributed by atoms with Crippen LogP contribution < -0.4 is 0 Å². The third-order valence-electron chi connectivity index (χ3n) is 11.5. The molecule has 0 radical (unpaired) electrons. The van der Waals surface area contributed by atoms with E-state index in [0.29, 0.717) is 37.8 Å². The van der Waals surface area contributed by atoms with Gasteiger partial charge >= 0.3 is 0 Å². The van der Waals surface area contributed by atoms with Crippen LogP contribution in [0, 0.1) is 34.0 Å². The fourth-order valence-electron chi connectivity index (χ4n) is 9.62. The summed E-state index contributed by atoms with van der Waals surface area (Å²) in [5, 5.41) is 0. The molecule has 1 aliphatic heterocycles. The lowest BCUT2D eigenvalue weighted by Crippen LogP contribution is -2.64. The summed E-state index contributed by atoms with van der Waals surface area (Å²) in [4.78, 5) is 47.5. The number of carbonyl (C=O) groups excluding carboxylic acids is 3. The van der Waals surface area contributed by atoms with Gasteiger partial charge in [-0.05, 0) is 114 Å². The van der Waals surface area contributed by atoms with E-state index in [2.05, 4.69) is 0 Å². The van der Waals surface area contributed by atoms with Crippen molar-refractivity contribution in [1.82, 2.24) is 14.7 Å². The molecule has 7 fully saturated rings. The zero-order chi connectivity index (χ0) is 22.4. The molecule has 3 amide bonds. The molecule has 0 aromatic heterocycles. The van der Waals surface area contributed by atoms with Crippen LogP contribution in [0.15, 0.2) is 0 Å². The molecule has 7 rings (SSSR count). The zero-order valence-corrected chi connectivity index (χ0v) is 20.0. The molecular weight excluding hydrogens is 414 g/mol. The standard InChI is InChI=1S/C27H39N3O3/c31-22(25-7-1-19(13-25)2-8-25)28-16-29(23(32)26-9-3-20(14-26)4-10-26)18-30(17-28)24(33)27-11-5-21(15-27)6-12-27/h19-21H,1-18H2. The summed E-state index contributed by atoms with van der Waals surface area (Å²) in [5.74, 6) is 2.78. The van der Waals surface area contributed by atoms with E-state index in [1.165, 1.54) is 38.5 Å². The average molecular weight is 454 g/mol. The largest absolute Gasteiger partial charge is 0.306 e. The first-order valence-electron chi connectivity index (χ1n) is 13.8. The molecule has 0 atom stereocenters. The zero-order valence-electron chi connectivity index (χ0n) is 20.0. The van der Waals surface area contributed by atoms with Gasteiger partial charge in [-0.15, -0.1) is 0 Å². The molecule has 180 valence electrons. The van der Waals surface area contributed by atoms with Crippen molar-refractivity contribution < 1.29 is 14.4 Å². The third kappa shape index (κ3) is 2.94. The van der Waals surface area contributed by atoms with E-state index < -0.39 is 0 Å². The summed E-state index contributed by atoms with van der Waals surface area (Å²) < 4.78 is 0. The molecule has 6 bridgehead atoms. The monoisotopic (exact) mass is 453 g/mol. The highest BCUT2D eigenvalue weighted by atomic mass is 16.2. The molecule has 0 aromatic rings. The molecule has 0 N–H and O–H groups in total. The van der Waals surface area contributed by atoms with Crippen molar-refractivity contribution >= 4 is 17.7 Å². The summed E-state index contributed by atoms with van der Waals surface area (Å²) in [6.45, 7) is 1.15. The second-order valence-electron chi connectivity index (χ2n) is 13.2. The van der Waals surface area contributed by atoms with Crippen LogP contribution in [-0.4, -0.2) is 52.4 Å². The highest BCUT2D eigenvalue weighted by molar-refractivity contribution is 5.89. The van der Waals surface area contributed by atoms with Crippen LogP contribution in [0.1, 0.15) is 96.3 Å². The summed E-state index contributed by atoms with van der Waals surface area (Å²) in [6, 6.07) is 0. The molecule has 6 saturated carbocycles. The predicted octanol–water partition coefficient (Wildman–Crippen LogP) is 4.10. The number of hydrogen-bond acceptors (Lipinski definition) is 3. The maximum absolute atomic E-state index is 13.9. The minimum Gasteiger partial charge on any atom is -0.306 e. The van der Waals surface area contributed by atoms with E-state index in [4.69, 9.17) is 0 Å². The smallest absolute Gasteiger partial charge is 0.231 e. The second-order valence-corrected chi connectivity index (χ2v) is 13.2. The Morgan fingerprint density at radius 3 is 0.879 bits per heavy atom. The molecule has 33 heavy (non-hydrogen) atoms. The van der Waals surface area contributed by atoms with Crippen molar-refractivity contribution in [1.29, 1.82) is 0 Å². The molecule has 0 spiro atoms. The topological polar surface area (TPSA) is 60.9 Å². The molecule has 0 unspecified atom stereocenters. The fraction of sp³-hybridized carbons (Fsp3) is 0.889. The Kier molecular flexibility index (Phi) is 4.39. The Balaban J connectivity index is 1.17. The van der Waals surface area contributed by atoms with Crippen molar-refractivity contribution in [2.24, 2.45) is 34.0 Å². The van der Waals surface area contributed by atoms with Gasteiger partial charge in [0.25, 0.3) is 0 Å². The van der Waals surface area contributed by atoms with E-state index in [1.807, 2.05) is 14.7 Å². The van der Waals surface area contributed by atoms with Crippen LogP contribution in [-0.2, 0) is 14.4 Å². The average Bonchev–Trinajstić information content (AvgIpc) is 3.70. The first kappa shape index (κ1) is 20.8. The van der Waals surface area contributed by atoms with Gasteiger partial charge in [0.05, 0.1) is 20.0 Å². The molecule has 6 nitrogen and oxygen atoms in total. The maximum atomic E-state index is 13.9. The first-order chi connectivity index (χ1) is 15.9. The van der Waals surface area contributed by atoms with Crippen LogP contribution in [0.4, 0.5) is 0 Å². The van der Waals surface area contributed by atoms with Gasteiger partial charge in [-0.2, -0.15) is 0 Å². The summed E-state index contributed by atoms with van der Waals surface area (Å²) in [5.41, 5.74) is -0.668. The van der Waals surface area contributed by atoms with Crippen LogP contribution in [0.2, 0.25) is 0 Å². The minimum atomic E-state index is -0.223. The van der Waals surface area contributed by atoms with Gasteiger partial charge in [-0.3, -0.25) is 14.4 Å². The van der Waals surface area contributed by atoms with Crippen LogP contribution >= 0.6 is 0 Å². The normalized spacial score (nSPS) is 45.5. The first-order valence-corrected chi connectivity index (χ1v) is 13.8. The number of carbonyl (C=O) groups is 3. The van der Waals surface area contributed by atoms with Gasteiger partial charge in [0.15, 0.2) is 0 Å². The van der Waals surface area contributed by atoms with E-state index in [9.17, 15) is 14.4 Å². The predicted molar refractivity (Wildman–Crippen MR) is 122 cm³/mol. The van der Waals surface area contributed by atoms with Gasteiger partial charge in [-0.25, -0.2) is 0 Å². The summed E-state index contributed by atoms with van der Waals surface area (Å²) >= 11 is 0. The number of amides is 3. The van der Waals surface area contributed by atoms with E-state index in [1.54, 1.807) is 0 Å². The Hall–Kier alpha value is -1.59. The SMILES string of the molecule is O=C(N1CN(C(=O)C23CCC(CC2)C3)CN(C(=O)C23CCC(CC2)C3)C1)C12CCC(CC1)C2.